The van der Waals surface area contributed by atoms with Crippen molar-refractivity contribution in [1.82, 2.24) is 15.2 Å². The molecule has 0 radical (unpaired) electrons. The van der Waals surface area contributed by atoms with E-state index in [4.69, 9.17) is 11.1 Å². The lowest BCUT2D eigenvalue weighted by Crippen LogP contribution is -2.47. The maximum atomic E-state index is 12.9. The normalized spacial score (nSPS) is 19.8. The third kappa shape index (κ3) is 5.17. The van der Waals surface area contributed by atoms with Crippen LogP contribution in [0.4, 0.5) is 5.69 Å². The summed E-state index contributed by atoms with van der Waals surface area (Å²) < 4.78 is 0. The molecule has 2 aromatic rings. The standard InChI is InChI=1S/C26H28N6O4/c27-13-17(22-4-1-2-8-29-22)15-31-19-10-16(11-19)14-30-18-6-7-20-21(12-18)26(36)32(25(20)35)23(24(28)34)5-3-9-33/h1-2,4,6-9,12-13,15-16,19,23,27,30-31H,3,5,10-11,14H2,(H2,28,34)/b17-15+,27-13?. The summed E-state index contributed by atoms with van der Waals surface area (Å²) in [6.45, 7) is 0.702. The third-order valence-corrected chi connectivity index (χ3v) is 6.54. The second kappa shape index (κ2) is 10.9. The molecule has 5 N–H and O–H groups in total. The Bertz CT molecular complexity index is 1210. The van der Waals surface area contributed by atoms with Crippen LogP contribution in [0.25, 0.3) is 5.57 Å². The van der Waals surface area contributed by atoms with Gasteiger partial charge in [-0.05, 0) is 55.5 Å². The van der Waals surface area contributed by atoms with Gasteiger partial charge in [-0.3, -0.25) is 24.3 Å². The van der Waals surface area contributed by atoms with E-state index >= 15 is 0 Å². The number of carbonyl (C=O) groups excluding carboxylic acids is 4. The minimum absolute atomic E-state index is 0.00462. The van der Waals surface area contributed by atoms with Gasteiger partial charge in [-0.25, -0.2) is 0 Å². The van der Waals surface area contributed by atoms with E-state index in [9.17, 15) is 19.2 Å². The summed E-state index contributed by atoms with van der Waals surface area (Å²) in [6, 6.07) is 9.65. The molecule has 1 aliphatic heterocycles. The molecule has 1 aromatic heterocycles. The number of anilines is 1. The van der Waals surface area contributed by atoms with E-state index in [1.165, 1.54) is 6.21 Å². The topological polar surface area (TPSA) is 158 Å². The molecule has 0 spiro atoms. The summed E-state index contributed by atoms with van der Waals surface area (Å²) in [5.74, 6) is -1.55. The van der Waals surface area contributed by atoms with Crippen LogP contribution >= 0.6 is 0 Å². The number of aldehydes is 1. The first-order valence-corrected chi connectivity index (χ1v) is 11.8. The number of pyridine rings is 1. The molecule has 1 saturated carbocycles. The van der Waals surface area contributed by atoms with Crippen LogP contribution in [0.15, 0.2) is 48.8 Å². The zero-order chi connectivity index (χ0) is 25.7. The number of primary amides is 1. The van der Waals surface area contributed by atoms with E-state index in [0.717, 1.165) is 23.4 Å². The summed E-state index contributed by atoms with van der Waals surface area (Å²) in [6.07, 6.45) is 7.35. The van der Waals surface area contributed by atoms with Crippen LogP contribution in [0.5, 0.6) is 0 Å². The Labute approximate surface area is 208 Å². The summed E-state index contributed by atoms with van der Waals surface area (Å²) in [7, 11) is 0. The molecule has 10 nitrogen and oxygen atoms in total. The zero-order valence-electron chi connectivity index (χ0n) is 19.6. The Morgan fingerprint density at radius 1 is 1.19 bits per heavy atom. The van der Waals surface area contributed by atoms with E-state index in [0.29, 0.717) is 36.1 Å². The van der Waals surface area contributed by atoms with Crippen LogP contribution in [-0.4, -0.2) is 58.7 Å². The molecule has 1 aromatic carbocycles. The van der Waals surface area contributed by atoms with Crippen molar-refractivity contribution in [1.29, 1.82) is 5.41 Å². The molecule has 1 unspecified atom stereocenters. The molecule has 2 heterocycles. The van der Waals surface area contributed by atoms with Gasteiger partial charge in [0.15, 0.2) is 0 Å². The maximum absolute atomic E-state index is 12.9. The van der Waals surface area contributed by atoms with Gasteiger partial charge in [0.1, 0.15) is 12.3 Å². The largest absolute Gasteiger partial charge is 0.388 e. The van der Waals surface area contributed by atoms with Gasteiger partial charge in [-0.1, -0.05) is 6.07 Å². The van der Waals surface area contributed by atoms with E-state index in [1.807, 2.05) is 24.4 Å². The van der Waals surface area contributed by atoms with Crippen LogP contribution in [0, 0.1) is 11.3 Å². The van der Waals surface area contributed by atoms with Crippen molar-refractivity contribution in [2.75, 3.05) is 11.9 Å². The molecule has 186 valence electrons. The molecule has 3 amide bonds. The fraction of sp³-hybridized carbons (Fsp3) is 0.308. The van der Waals surface area contributed by atoms with E-state index in [-0.39, 0.29) is 24.0 Å². The summed E-state index contributed by atoms with van der Waals surface area (Å²) >= 11 is 0. The number of benzene rings is 1. The molecule has 1 fully saturated rings. The molecular formula is C26H28N6O4. The van der Waals surface area contributed by atoms with E-state index in [2.05, 4.69) is 15.6 Å². The third-order valence-electron chi connectivity index (χ3n) is 6.54. The van der Waals surface area contributed by atoms with Gasteiger partial charge in [0.2, 0.25) is 5.91 Å². The van der Waals surface area contributed by atoms with Gasteiger partial charge in [0.05, 0.1) is 16.8 Å². The summed E-state index contributed by atoms with van der Waals surface area (Å²) in [4.78, 5) is 53.4. The predicted octanol–water partition coefficient (Wildman–Crippen LogP) is 1.98. The number of carbonyl (C=O) groups is 4. The highest BCUT2D eigenvalue weighted by atomic mass is 16.2. The number of hydrogen-bond acceptors (Lipinski definition) is 8. The summed E-state index contributed by atoms with van der Waals surface area (Å²) in [5.41, 5.74) is 8.00. The van der Waals surface area contributed by atoms with Crippen molar-refractivity contribution in [2.45, 2.75) is 37.8 Å². The first kappa shape index (κ1) is 24.8. The number of imide groups is 1. The first-order valence-electron chi connectivity index (χ1n) is 11.8. The van der Waals surface area contributed by atoms with Crippen LogP contribution in [0.1, 0.15) is 52.1 Å². The molecule has 10 heteroatoms. The molecule has 1 aliphatic carbocycles. The Morgan fingerprint density at radius 3 is 2.64 bits per heavy atom. The second-order valence-corrected chi connectivity index (χ2v) is 8.94. The highest BCUT2D eigenvalue weighted by Gasteiger charge is 2.42. The second-order valence-electron chi connectivity index (χ2n) is 8.94. The number of fused-ring (bicyclic) bond motifs is 1. The van der Waals surface area contributed by atoms with Crippen LogP contribution in [0.2, 0.25) is 0 Å². The minimum atomic E-state index is -1.15. The fourth-order valence-corrected chi connectivity index (χ4v) is 4.51. The van der Waals surface area contributed by atoms with Crippen molar-refractivity contribution >= 4 is 41.5 Å². The Kier molecular flexibility index (Phi) is 7.53. The van der Waals surface area contributed by atoms with E-state index < -0.39 is 23.8 Å². The Morgan fingerprint density at radius 2 is 1.97 bits per heavy atom. The molecule has 0 saturated heterocycles. The maximum Gasteiger partial charge on any atom is 0.262 e. The van der Waals surface area contributed by atoms with Crippen LogP contribution < -0.4 is 16.4 Å². The fourth-order valence-electron chi connectivity index (χ4n) is 4.51. The van der Waals surface area contributed by atoms with Crippen molar-refractivity contribution in [3.8, 4) is 0 Å². The number of hydrogen-bond donors (Lipinski definition) is 4. The monoisotopic (exact) mass is 488 g/mol. The van der Waals surface area contributed by atoms with Gasteiger partial charge in [0, 0.05) is 48.9 Å². The number of nitrogens with zero attached hydrogens (tertiary/aromatic N) is 2. The van der Waals surface area contributed by atoms with Gasteiger partial charge < -0.3 is 26.6 Å². The minimum Gasteiger partial charge on any atom is -0.388 e. The number of nitrogens with one attached hydrogen (secondary N) is 3. The Balaban J connectivity index is 1.31. The number of rotatable bonds is 12. The lowest BCUT2D eigenvalue weighted by Gasteiger charge is -2.36. The number of amides is 3. The van der Waals surface area contributed by atoms with Gasteiger partial charge in [0.25, 0.3) is 11.8 Å². The average Bonchev–Trinajstić information content (AvgIpc) is 3.10. The molecule has 4 rings (SSSR count). The Hall–Kier alpha value is -4.34. The number of allylic oxidation sites excluding steroid dienone is 1. The van der Waals surface area contributed by atoms with Crippen LogP contribution in [0.3, 0.4) is 0 Å². The van der Waals surface area contributed by atoms with Gasteiger partial charge in [-0.15, -0.1) is 0 Å². The SMILES string of the molecule is N=C/C(=C\NC1CC(CNc2ccc3c(c2)C(=O)N(C(CCC=O)C(N)=O)C3=O)C1)c1ccccn1. The van der Waals surface area contributed by atoms with Gasteiger partial charge in [-0.2, -0.15) is 0 Å². The van der Waals surface area contributed by atoms with Gasteiger partial charge >= 0.3 is 0 Å². The quantitative estimate of drug-likeness (QED) is 0.202. The van der Waals surface area contributed by atoms with Crippen LogP contribution in [-0.2, 0) is 9.59 Å². The van der Waals surface area contributed by atoms with Crippen molar-refractivity contribution < 1.29 is 19.2 Å². The summed E-state index contributed by atoms with van der Waals surface area (Å²) in [5, 5.41) is 14.3. The average molecular weight is 489 g/mol. The molecule has 2 aliphatic rings. The van der Waals surface area contributed by atoms with Crippen molar-refractivity contribution in [3.05, 3.63) is 65.6 Å². The number of aromatic nitrogens is 1. The molecular weight excluding hydrogens is 460 g/mol. The van der Waals surface area contributed by atoms with E-state index in [1.54, 1.807) is 24.4 Å². The zero-order valence-corrected chi connectivity index (χ0v) is 19.6. The molecule has 36 heavy (non-hydrogen) atoms. The lowest BCUT2D eigenvalue weighted by atomic mass is 9.80. The molecule has 0 bridgehead atoms. The van der Waals surface area contributed by atoms with Crippen molar-refractivity contribution in [2.24, 2.45) is 11.7 Å². The lowest BCUT2D eigenvalue weighted by molar-refractivity contribution is -0.122. The molecule has 1 atom stereocenters. The highest BCUT2D eigenvalue weighted by Crippen LogP contribution is 2.31. The van der Waals surface area contributed by atoms with Crippen molar-refractivity contribution in [3.63, 3.8) is 0 Å². The number of nitrogens with two attached hydrogens (primary N) is 1. The predicted molar refractivity (Wildman–Crippen MR) is 134 cm³/mol. The first-order chi connectivity index (χ1) is 17.4. The smallest absolute Gasteiger partial charge is 0.262 e. The highest BCUT2D eigenvalue weighted by molar-refractivity contribution is 6.23.